The average molecular weight is 274 g/mol. The average Bonchev–Trinajstić information content (AvgIpc) is 2.75. The second kappa shape index (κ2) is 5.96. The molecule has 1 heterocycles. The van der Waals surface area contributed by atoms with Gasteiger partial charge in [0.1, 0.15) is 6.17 Å². The van der Waals surface area contributed by atoms with Gasteiger partial charge < -0.3 is 4.90 Å². The van der Waals surface area contributed by atoms with Crippen LogP contribution in [0.25, 0.3) is 0 Å². The van der Waals surface area contributed by atoms with Crippen LogP contribution in [0.2, 0.25) is 0 Å². The first-order valence-corrected chi connectivity index (χ1v) is 7.62. The lowest BCUT2D eigenvalue weighted by atomic mass is 10.0. The van der Waals surface area contributed by atoms with Gasteiger partial charge >= 0.3 is 0 Å². The van der Waals surface area contributed by atoms with E-state index in [0.29, 0.717) is 11.8 Å². The van der Waals surface area contributed by atoms with Crippen molar-refractivity contribution in [1.82, 2.24) is 10.2 Å². The van der Waals surface area contributed by atoms with E-state index in [2.05, 4.69) is 57.3 Å². The summed E-state index contributed by atoms with van der Waals surface area (Å²) in [5.74, 6) is 1.07. The highest BCUT2D eigenvalue weighted by molar-refractivity contribution is 5.84. The van der Waals surface area contributed by atoms with Gasteiger partial charge in [0.15, 0.2) is 0 Å². The molecule has 0 saturated carbocycles. The molecule has 2 atom stereocenters. The molecule has 0 radical (unpaired) electrons. The van der Waals surface area contributed by atoms with Crippen molar-refractivity contribution in [2.75, 3.05) is 6.54 Å². The van der Waals surface area contributed by atoms with Crippen LogP contribution < -0.4 is 5.32 Å². The summed E-state index contributed by atoms with van der Waals surface area (Å²) in [6, 6.07) is 8.56. The van der Waals surface area contributed by atoms with Gasteiger partial charge in [-0.3, -0.25) is 10.1 Å². The molecule has 1 aliphatic heterocycles. The summed E-state index contributed by atoms with van der Waals surface area (Å²) in [5.41, 5.74) is 2.51. The van der Waals surface area contributed by atoms with Crippen molar-refractivity contribution in [1.29, 1.82) is 0 Å². The SMILES string of the molecule is CCN1C(=O)C(C(C)C)NC1c1ccc(C(C)C)cc1. The summed E-state index contributed by atoms with van der Waals surface area (Å²) in [6.07, 6.45) is 0.0149. The number of benzene rings is 1. The molecular weight excluding hydrogens is 248 g/mol. The number of nitrogens with one attached hydrogen (secondary N) is 1. The number of carbonyl (C=O) groups excluding carboxylic acids is 1. The summed E-state index contributed by atoms with van der Waals surface area (Å²) in [4.78, 5) is 14.3. The maximum Gasteiger partial charge on any atom is 0.241 e. The van der Waals surface area contributed by atoms with Crippen molar-refractivity contribution < 1.29 is 4.79 Å². The number of amides is 1. The van der Waals surface area contributed by atoms with Crippen LogP contribution in [-0.2, 0) is 4.79 Å². The fraction of sp³-hybridized carbons (Fsp3) is 0.588. The number of hydrogen-bond donors (Lipinski definition) is 1. The van der Waals surface area contributed by atoms with E-state index in [-0.39, 0.29) is 18.1 Å². The van der Waals surface area contributed by atoms with Gasteiger partial charge in [0.25, 0.3) is 0 Å². The van der Waals surface area contributed by atoms with Crippen LogP contribution >= 0.6 is 0 Å². The van der Waals surface area contributed by atoms with Crippen molar-refractivity contribution in [2.24, 2.45) is 5.92 Å². The molecule has 1 saturated heterocycles. The van der Waals surface area contributed by atoms with E-state index in [1.54, 1.807) is 0 Å². The van der Waals surface area contributed by atoms with E-state index in [4.69, 9.17) is 0 Å². The molecular formula is C17H26N2O. The highest BCUT2D eigenvalue weighted by atomic mass is 16.2. The summed E-state index contributed by atoms with van der Waals surface area (Å²) in [5, 5.41) is 3.48. The molecule has 2 rings (SSSR count). The Morgan fingerprint density at radius 3 is 2.20 bits per heavy atom. The second-order valence-electron chi connectivity index (χ2n) is 6.24. The van der Waals surface area contributed by atoms with Crippen molar-refractivity contribution in [3.05, 3.63) is 35.4 Å². The Bertz CT molecular complexity index is 464. The Morgan fingerprint density at radius 1 is 1.15 bits per heavy atom. The fourth-order valence-electron chi connectivity index (χ4n) is 2.79. The molecule has 0 aromatic heterocycles. The minimum atomic E-state index is -0.0651. The van der Waals surface area contributed by atoms with Crippen molar-refractivity contribution >= 4 is 5.91 Å². The zero-order valence-corrected chi connectivity index (χ0v) is 13.2. The second-order valence-corrected chi connectivity index (χ2v) is 6.24. The first kappa shape index (κ1) is 15.0. The Balaban J connectivity index is 2.24. The first-order chi connectivity index (χ1) is 9.45. The Kier molecular flexibility index (Phi) is 4.48. The lowest BCUT2D eigenvalue weighted by molar-refractivity contribution is -0.130. The minimum absolute atomic E-state index is 0.0149. The summed E-state index contributed by atoms with van der Waals surface area (Å²) >= 11 is 0. The van der Waals surface area contributed by atoms with Crippen molar-refractivity contribution in [2.45, 2.75) is 52.7 Å². The molecule has 110 valence electrons. The molecule has 0 spiro atoms. The fourth-order valence-corrected chi connectivity index (χ4v) is 2.79. The molecule has 1 aromatic rings. The molecule has 3 nitrogen and oxygen atoms in total. The number of nitrogens with zero attached hydrogens (tertiary/aromatic N) is 1. The van der Waals surface area contributed by atoms with Gasteiger partial charge in [0.2, 0.25) is 5.91 Å². The molecule has 1 amide bonds. The zero-order chi connectivity index (χ0) is 14.9. The smallest absolute Gasteiger partial charge is 0.241 e. The van der Waals surface area contributed by atoms with Crippen LogP contribution in [0.5, 0.6) is 0 Å². The molecule has 3 heteroatoms. The molecule has 2 unspecified atom stereocenters. The van der Waals surface area contributed by atoms with Gasteiger partial charge in [-0.15, -0.1) is 0 Å². The number of rotatable bonds is 4. The van der Waals surface area contributed by atoms with E-state index >= 15 is 0 Å². The van der Waals surface area contributed by atoms with Gasteiger partial charge in [-0.25, -0.2) is 0 Å². The largest absolute Gasteiger partial charge is 0.322 e. The number of hydrogen-bond acceptors (Lipinski definition) is 2. The molecule has 1 aromatic carbocycles. The van der Waals surface area contributed by atoms with E-state index in [0.717, 1.165) is 6.54 Å². The molecule has 1 fully saturated rings. The molecule has 20 heavy (non-hydrogen) atoms. The molecule has 1 aliphatic rings. The van der Waals surface area contributed by atoms with E-state index in [1.165, 1.54) is 11.1 Å². The third-order valence-electron chi connectivity index (χ3n) is 4.12. The topological polar surface area (TPSA) is 32.3 Å². The predicted molar refractivity (Wildman–Crippen MR) is 82.4 cm³/mol. The van der Waals surface area contributed by atoms with Gasteiger partial charge in [0, 0.05) is 6.54 Å². The van der Waals surface area contributed by atoms with Gasteiger partial charge in [0.05, 0.1) is 6.04 Å². The predicted octanol–water partition coefficient (Wildman–Crippen LogP) is 3.28. The molecule has 0 bridgehead atoms. The Labute approximate surface area is 122 Å². The zero-order valence-electron chi connectivity index (χ0n) is 13.2. The lowest BCUT2D eigenvalue weighted by Crippen LogP contribution is -2.34. The maximum absolute atomic E-state index is 12.4. The maximum atomic E-state index is 12.4. The summed E-state index contributed by atoms with van der Waals surface area (Å²) in [6.45, 7) is 11.4. The van der Waals surface area contributed by atoms with Crippen LogP contribution in [0.4, 0.5) is 0 Å². The van der Waals surface area contributed by atoms with Crippen LogP contribution in [0.15, 0.2) is 24.3 Å². The van der Waals surface area contributed by atoms with Crippen LogP contribution in [0.3, 0.4) is 0 Å². The van der Waals surface area contributed by atoms with Gasteiger partial charge in [-0.05, 0) is 29.9 Å². The highest BCUT2D eigenvalue weighted by Crippen LogP contribution is 2.28. The van der Waals surface area contributed by atoms with Crippen LogP contribution in [-0.4, -0.2) is 23.4 Å². The third-order valence-corrected chi connectivity index (χ3v) is 4.12. The van der Waals surface area contributed by atoms with E-state index in [1.807, 2.05) is 11.8 Å². The van der Waals surface area contributed by atoms with E-state index < -0.39 is 0 Å². The van der Waals surface area contributed by atoms with Crippen LogP contribution in [0.1, 0.15) is 57.8 Å². The van der Waals surface area contributed by atoms with Gasteiger partial charge in [-0.1, -0.05) is 52.0 Å². The summed E-state index contributed by atoms with van der Waals surface area (Å²) < 4.78 is 0. The minimum Gasteiger partial charge on any atom is -0.322 e. The molecule has 0 aliphatic carbocycles. The van der Waals surface area contributed by atoms with Gasteiger partial charge in [-0.2, -0.15) is 0 Å². The first-order valence-electron chi connectivity index (χ1n) is 7.62. The third kappa shape index (κ3) is 2.73. The van der Waals surface area contributed by atoms with Crippen molar-refractivity contribution in [3.8, 4) is 0 Å². The monoisotopic (exact) mass is 274 g/mol. The summed E-state index contributed by atoms with van der Waals surface area (Å²) in [7, 11) is 0. The van der Waals surface area contributed by atoms with Crippen molar-refractivity contribution in [3.63, 3.8) is 0 Å². The highest BCUT2D eigenvalue weighted by Gasteiger charge is 2.39. The Hall–Kier alpha value is -1.35. The Morgan fingerprint density at radius 2 is 1.75 bits per heavy atom. The van der Waals surface area contributed by atoms with Crippen LogP contribution in [0, 0.1) is 5.92 Å². The normalized spacial score (nSPS) is 23.1. The van der Waals surface area contributed by atoms with E-state index in [9.17, 15) is 4.79 Å². The quantitative estimate of drug-likeness (QED) is 0.914. The molecule has 1 N–H and O–H groups in total. The standard InChI is InChI=1S/C17H26N2O/c1-6-19-16(18-15(12(4)5)17(19)20)14-9-7-13(8-10-14)11(2)3/h7-12,15-16,18H,6H2,1-5H3. The number of carbonyl (C=O) groups is 1. The lowest BCUT2D eigenvalue weighted by Gasteiger charge is -2.23. The number of likely N-dealkylation sites (N-methyl/N-ethyl adjacent to an activating group) is 1.